The first-order chi connectivity index (χ1) is 8.25. The summed E-state index contributed by atoms with van der Waals surface area (Å²) in [7, 11) is 0. The van der Waals surface area contributed by atoms with Gasteiger partial charge in [-0.05, 0) is 48.1 Å². The second-order valence-corrected chi connectivity index (χ2v) is 5.20. The van der Waals surface area contributed by atoms with Crippen molar-refractivity contribution in [2.75, 3.05) is 12.3 Å². The molecule has 3 N–H and O–H groups in total. The number of nitrogen functional groups attached to an aromatic ring is 1. The van der Waals surface area contributed by atoms with Gasteiger partial charge in [0, 0.05) is 23.7 Å². The maximum Gasteiger partial charge on any atom is 0.0317 e. The number of thiophene rings is 1. The topological polar surface area (TPSA) is 38.0 Å². The van der Waals surface area contributed by atoms with E-state index in [1.54, 1.807) is 0 Å². The number of benzene rings is 1. The molecule has 2 aromatic rings. The van der Waals surface area contributed by atoms with Crippen LogP contribution in [0.4, 0.5) is 5.69 Å². The predicted molar refractivity (Wildman–Crippen MR) is 75.3 cm³/mol. The third-order valence-electron chi connectivity index (χ3n) is 2.78. The Labute approximate surface area is 106 Å². The second-order valence-electron chi connectivity index (χ2n) is 4.20. The quantitative estimate of drug-likeness (QED) is 0.629. The summed E-state index contributed by atoms with van der Waals surface area (Å²) in [5.74, 6) is 0. The van der Waals surface area contributed by atoms with Crippen LogP contribution in [0.3, 0.4) is 0 Å². The van der Waals surface area contributed by atoms with E-state index in [4.69, 9.17) is 5.73 Å². The zero-order valence-corrected chi connectivity index (χ0v) is 10.9. The molecule has 2 nitrogen and oxygen atoms in total. The Kier molecular flexibility index (Phi) is 4.18. The average Bonchev–Trinajstić information content (AvgIpc) is 2.71. The monoisotopic (exact) mass is 246 g/mol. The highest BCUT2D eigenvalue weighted by molar-refractivity contribution is 7.10. The molecule has 0 spiro atoms. The number of rotatable bonds is 5. The van der Waals surface area contributed by atoms with Crippen LogP contribution in [0, 0.1) is 6.92 Å². The lowest BCUT2D eigenvalue weighted by Crippen LogP contribution is -2.16. The van der Waals surface area contributed by atoms with Crippen LogP contribution in [0.25, 0.3) is 0 Å². The number of nitrogens with one attached hydrogen (secondary N) is 1. The lowest BCUT2D eigenvalue weighted by molar-refractivity contribution is 0.690. The van der Waals surface area contributed by atoms with Crippen molar-refractivity contribution >= 4 is 17.0 Å². The molecule has 0 atom stereocenters. The van der Waals surface area contributed by atoms with Crippen molar-refractivity contribution in [1.82, 2.24) is 5.32 Å². The molecule has 1 heterocycles. The summed E-state index contributed by atoms with van der Waals surface area (Å²) in [5, 5.41) is 5.60. The van der Waals surface area contributed by atoms with Gasteiger partial charge in [-0.3, -0.25) is 0 Å². The average molecular weight is 246 g/mol. The van der Waals surface area contributed by atoms with Crippen LogP contribution < -0.4 is 11.1 Å². The number of aryl methyl sites for hydroxylation is 1. The van der Waals surface area contributed by atoms with E-state index in [1.165, 1.54) is 16.0 Å². The maximum absolute atomic E-state index is 5.73. The molecule has 0 aliphatic heterocycles. The van der Waals surface area contributed by atoms with Gasteiger partial charge in [0.1, 0.15) is 0 Å². The molecule has 0 saturated carbocycles. The van der Waals surface area contributed by atoms with Crippen LogP contribution >= 0.6 is 11.3 Å². The van der Waals surface area contributed by atoms with E-state index >= 15 is 0 Å². The van der Waals surface area contributed by atoms with Gasteiger partial charge in [-0.25, -0.2) is 0 Å². The van der Waals surface area contributed by atoms with Gasteiger partial charge in [0.15, 0.2) is 0 Å². The van der Waals surface area contributed by atoms with Crippen molar-refractivity contribution < 1.29 is 0 Å². The molecular weight excluding hydrogens is 228 g/mol. The third-order valence-corrected chi connectivity index (χ3v) is 3.86. The first-order valence-corrected chi connectivity index (χ1v) is 6.72. The zero-order valence-electron chi connectivity index (χ0n) is 10.1. The van der Waals surface area contributed by atoms with Crippen molar-refractivity contribution in [3.63, 3.8) is 0 Å². The molecule has 0 aliphatic rings. The summed E-state index contributed by atoms with van der Waals surface area (Å²) in [4.78, 5) is 1.48. The fourth-order valence-corrected chi connectivity index (χ4v) is 2.71. The fourth-order valence-electron chi connectivity index (χ4n) is 1.80. The van der Waals surface area contributed by atoms with Crippen molar-refractivity contribution in [3.05, 3.63) is 51.7 Å². The number of hydrogen-bond donors (Lipinski definition) is 2. The Morgan fingerprint density at radius 2 is 2.18 bits per heavy atom. The molecule has 1 aromatic carbocycles. The van der Waals surface area contributed by atoms with E-state index in [0.717, 1.165) is 25.2 Å². The highest BCUT2D eigenvalue weighted by atomic mass is 32.1. The van der Waals surface area contributed by atoms with E-state index in [9.17, 15) is 0 Å². The predicted octanol–water partition coefficient (Wildman–Crippen LogP) is 2.97. The molecule has 0 unspecified atom stereocenters. The molecule has 17 heavy (non-hydrogen) atoms. The summed E-state index contributed by atoms with van der Waals surface area (Å²) in [6, 6.07) is 10.2. The molecule has 0 radical (unpaired) electrons. The molecule has 90 valence electrons. The Balaban J connectivity index is 1.75. The molecule has 2 rings (SSSR count). The van der Waals surface area contributed by atoms with Crippen LogP contribution in [-0.2, 0) is 13.0 Å². The van der Waals surface area contributed by atoms with Crippen LogP contribution in [0.5, 0.6) is 0 Å². The van der Waals surface area contributed by atoms with Crippen molar-refractivity contribution in [3.8, 4) is 0 Å². The minimum atomic E-state index is 0.832. The summed E-state index contributed by atoms with van der Waals surface area (Å²) in [6.45, 7) is 4.06. The smallest absolute Gasteiger partial charge is 0.0317 e. The number of anilines is 1. The molecule has 0 bridgehead atoms. The Morgan fingerprint density at radius 3 is 2.88 bits per heavy atom. The van der Waals surface area contributed by atoms with Crippen molar-refractivity contribution in [2.24, 2.45) is 0 Å². The standard InChI is InChI=1S/C14H18N2S/c1-11-6-8-17-14(11)5-7-16-10-12-3-2-4-13(15)9-12/h2-4,6,8-9,16H,5,7,10,15H2,1H3. The van der Waals surface area contributed by atoms with Gasteiger partial charge >= 0.3 is 0 Å². The number of hydrogen-bond acceptors (Lipinski definition) is 3. The zero-order chi connectivity index (χ0) is 12.1. The van der Waals surface area contributed by atoms with E-state index < -0.39 is 0 Å². The van der Waals surface area contributed by atoms with E-state index in [0.29, 0.717) is 0 Å². The van der Waals surface area contributed by atoms with Crippen LogP contribution in [0.15, 0.2) is 35.7 Å². The summed E-state index contributed by atoms with van der Waals surface area (Å²) < 4.78 is 0. The second kappa shape index (κ2) is 5.84. The minimum absolute atomic E-state index is 0.832. The maximum atomic E-state index is 5.73. The van der Waals surface area contributed by atoms with Crippen LogP contribution in [0.2, 0.25) is 0 Å². The summed E-state index contributed by atoms with van der Waals surface area (Å²) in [5.41, 5.74) is 9.21. The van der Waals surface area contributed by atoms with Crippen molar-refractivity contribution in [1.29, 1.82) is 0 Å². The SMILES string of the molecule is Cc1ccsc1CCNCc1cccc(N)c1. The highest BCUT2D eigenvalue weighted by Crippen LogP contribution is 2.15. The van der Waals surface area contributed by atoms with E-state index in [1.807, 2.05) is 29.5 Å². The normalized spacial score (nSPS) is 10.6. The minimum Gasteiger partial charge on any atom is -0.399 e. The molecule has 0 saturated heterocycles. The van der Waals surface area contributed by atoms with Crippen molar-refractivity contribution in [2.45, 2.75) is 19.9 Å². The highest BCUT2D eigenvalue weighted by Gasteiger charge is 1.99. The number of nitrogens with two attached hydrogens (primary N) is 1. The molecule has 0 amide bonds. The Morgan fingerprint density at radius 1 is 1.29 bits per heavy atom. The van der Waals surface area contributed by atoms with Crippen LogP contribution in [-0.4, -0.2) is 6.54 Å². The van der Waals surface area contributed by atoms with Gasteiger partial charge in [0.25, 0.3) is 0 Å². The summed E-state index contributed by atoms with van der Waals surface area (Å²) >= 11 is 1.84. The lowest BCUT2D eigenvalue weighted by atomic mass is 10.2. The third kappa shape index (κ3) is 3.58. The van der Waals surface area contributed by atoms with Gasteiger partial charge in [-0.1, -0.05) is 12.1 Å². The van der Waals surface area contributed by atoms with Gasteiger partial charge in [-0.15, -0.1) is 11.3 Å². The largest absolute Gasteiger partial charge is 0.399 e. The lowest BCUT2D eigenvalue weighted by Gasteiger charge is -2.05. The van der Waals surface area contributed by atoms with Gasteiger partial charge in [-0.2, -0.15) is 0 Å². The first-order valence-electron chi connectivity index (χ1n) is 5.84. The molecule has 0 aliphatic carbocycles. The molecule has 3 heteroatoms. The molecule has 0 fully saturated rings. The Bertz CT molecular complexity index is 477. The van der Waals surface area contributed by atoms with Gasteiger partial charge in [0.2, 0.25) is 0 Å². The fraction of sp³-hybridized carbons (Fsp3) is 0.286. The van der Waals surface area contributed by atoms with Gasteiger partial charge in [0.05, 0.1) is 0 Å². The molecular formula is C14H18N2S. The van der Waals surface area contributed by atoms with Gasteiger partial charge < -0.3 is 11.1 Å². The first kappa shape index (κ1) is 12.1. The van der Waals surface area contributed by atoms with E-state index in [2.05, 4.69) is 29.8 Å². The summed E-state index contributed by atoms with van der Waals surface area (Å²) in [6.07, 6.45) is 1.10. The van der Waals surface area contributed by atoms with Crippen LogP contribution in [0.1, 0.15) is 16.0 Å². The van der Waals surface area contributed by atoms with E-state index in [-0.39, 0.29) is 0 Å². The molecule has 1 aromatic heterocycles. The Hall–Kier alpha value is -1.32.